The van der Waals surface area contributed by atoms with E-state index in [2.05, 4.69) is 0 Å². The van der Waals surface area contributed by atoms with Gasteiger partial charge in [-0.3, -0.25) is 9.59 Å². The molecule has 0 N–H and O–H groups in total. The van der Waals surface area contributed by atoms with Gasteiger partial charge in [0.05, 0.1) is 0 Å². The van der Waals surface area contributed by atoms with Crippen LogP contribution in [0.5, 0.6) is 0 Å². The molecule has 0 fully saturated rings. The second-order valence-corrected chi connectivity index (χ2v) is 6.77. The summed E-state index contributed by atoms with van der Waals surface area (Å²) in [6.07, 6.45) is 1.75. The summed E-state index contributed by atoms with van der Waals surface area (Å²) >= 11 is 1.49. The highest BCUT2D eigenvalue weighted by molar-refractivity contribution is 8.00. The molecule has 0 saturated heterocycles. The van der Waals surface area contributed by atoms with Crippen LogP contribution in [-0.4, -0.2) is 12.6 Å². The Morgan fingerprint density at radius 2 is 1.00 bits per heavy atom. The quantitative estimate of drug-likeness (QED) is 0.442. The Kier molecular flexibility index (Phi) is 4.08. The lowest BCUT2D eigenvalue weighted by Gasteiger charge is -2.13. The summed E-state index contributed by atoms with van der Waals surface area (Å²) < 4.78 is 0. The van der Waals surface area contributed by atoms with Gasteiger partial charge in [0.25, 0.3) is 0 Å². The van der Waals surface area contributed by atoms with Crippen molar-refractivity contribution in [3.05, 3.63) is 83.9 Å². The van der Waals surface area contributed by atoms with Crippen molar-refractivity contribution in [2.75, 3.05) is 0 Å². The molecule has 3 heteroatoms. The van der Waals surface area contributed by atoms with Gasteiger partial charge in [-0.15, -0.1) is 0 Å². The van der Waals surface area contributed by atoms with Gasteiger partial charge in [-0.05, 0) is 33.7 Å². The first kappa shape index (κ1) is 15.6. The van der Waals surface area contributed by atoms with E-state index in [0.29, 0.717) is 11.1 Å². The van der Waals surface area contributed by atoms with Crippen LogP contribution in [0.15, 0.2) is 82.6 Å². The molecule has 0 aromatic heterocycles. The van der Waals surface area contributed by atoms with E-state index in [4.69, 9.17) is 0 Å². The van der Waals surface area contributed by atoms with E-state index in [1.54, 1.807) is 0 Å². The normalized spacial score (nSPS) is 10.9. The lowest BCUT2D eigenvalue weighted by atomic mass is 10.1. The van der Waals surface area contributed by atoms with E-state index in [0.717, 1.165) is 43.9 Å². The van der Waals surface area contributed by atoms with E-state index in [1.165, 1.54) is 11.8 Å². The second kappa shape index (κ2) is 6.54. The zero-order chi connectivity index (χ0) is 17.2. The number of rotatable bonds is 4. The molecular weight excluding hydrogens is 328 g/mol. The summed E-state index contributed by atoms with van der Waals surface area (Å²) in [5, 5.41) is 4.18. The molecule has 0 aliphatic rings. The van der Waals surface area contributed by atoms with Gasteiger partial charge < -0.3 is 0 Å². The Balaban J connectivity index is 2.00. The first-order valence-electron chi connectivity index (χ1n) is 7.93. The first-order chi connectivity index (χ1) is 12.3. The third-order valence-corrected chi connectivity index (χ3v) is 5.60. The number of aldehydes is 2. The van der Waals surface area contributed by atoms with Crippen LogP contribution in [0.25, 0.3) is 21.5 Å². The van der Waals surface area contributed by atoms with Crippen LogP contribution in [-0.2, 0) is 0 Å². The monoisotopic (exact) mass is 342 g/mol. The topological polar surface area (TPSA) is 34.1 Å². The average molecular weight is 342 g/mol. The minimum absolute atomic E-state index is 0.633. The van der Waals surface area contributed by atoms with Gasteiger partial charge >= 0.3 is 0 Å². The number of fused-ring (bicyclic) bond motifs is 2. The molecule has 4 aromatic carbocycles. The highest BCUT2D eigenvalue weighted by Gasteiger charge is 2.14. The van der Waals surface area contributed by atoms with Crippen molar-refractivity contribution in [1.29, 1.82) is 0 Å². The molecule has 25 heavy (non-hydrogen) atoms. The van der Waals surface area contributed by atoms with Crippen LogP contribution in [0.3, 0.4) is 0 Å². The fourth-order valence-corrected chi connectivity index (χ4v) is 4.30. The maximum atomic E-state index is 11.6. The third kappa shape index (κ3) is 2.73. The number of carbonyl (C=O) groups excluding carboxylic acids is 2. The lowest BCUT2D eigenvalue weighted by molar-refractivity contribution is 0.111. The maximum absolute atomic E-state index is 11.6. The fourth-order valence-electron chi connectivity index (χ4n) is 3.04. The van der Waals surface area contributed by atoms with E-state index >= 15 is 0 Å². The van der Waals surface area contributed by atoms with Crippen LogP contribution in [0.1, 0.15) is 20.7 Å². The maximum Gasteiger partial charge on any atom is 0.151 e. The van der Waals surface area contributed by atoms with Crippen molar-refractivity contribution < 1.29 is 9.59 Å². The van der Waals surface area contributed by atoms with E-state index in [-0.39, 0.29) is 0 Å². The zero-order valence-corrected chi connectivity index (χ0v) is 14.1. The largest absolute Gasteiger partial charge is 0.298 e. The molecule has 0 atom stereocenters. The minimum atomic E-state index is 0.633. The van der Waals surface area contributed by atoms with Crippen molar-refractivity contribution >= 4 is 45.9 Å². The van der Waals surface area contributed by atoms with E-state index in [1.807, 2.05) is 72.8 Å². The molecule has 0 unspecified atom stereocenters. The predicted molar refractivity (Wildman–Crippen MR) is 103 cm³/mol. The molecule has 0 spiro atoms. The molecule has 4 aromatic rings. The number of benzene rings is 4. The van der Waals surface area contributed by atoms with Crippen LogP contribution in [0.4, 0.5) is 0 Å². The Labute approximate surface area is 149 Å². The number of carbonyl (C=O) groups is 2. The minimum Gasteiger partial charge on any atom is -0.298 e. The van der Waals surface area contributed by atoms with E-state index in [9.17, 15) is 9.59 Å². The number of hydrogen-bond acceptors (Lipinski definition) is 3. The Morgan fingerprint density at radius 1 is 0.560 bits per heavy atom. The molecule has 0 aliphatic heterocycles. The summed E-state index contributed by atoms with van der Waals surface area (Å²) in [5.74, 6) is 0. The lowest BCUT2D eigenvalue weighted by Crippen LogP contribution is -1.91. The Hall–Kier alpha value is -2.91. The highest BCUT2D eigenvalue weighted by atomic mass is 32.2. The molecule has 2 nitrogen and oxygen atoms in total. The Morgan fingerprint density at radius 3 is 1.44 bits per heavy atom. The van der Waals surface area contributed by atoms with Crippen LogP contribution in [0.2, 0.25) is 0 Å². The first-order valence-corrected chi connectivity index (χ1v) is 8.75. The molecular formula is C22H14O2S. The Bertz CT molecular complexity index is 1030. The van der Waals surface area contributed by atoms with Gasteiger partial charge in [0, 0.05) is 20.9 Å². The average Bonchev–Trinajstić information content (AvgIpc) is 2.68. The highest BCUT2D eigenvalue weighted by Crippen LogP contribution is 2.40. The molecule has 0 bridgehead atoms. The second-order valence-electron chi connectivity index (χ2n) is 5.75. The van der Waals surface area contributed by atoms with Crippen molar-refractivity contribution in [2.45, 2.75) is 9.79 Å². The van der Waals surface area contributed by atoms with Crippen LogP contribution >= 0.6 is 11.8 Å². The van der Waals surface area contributed by atoms with Crippen LogP contribution in [0, 0.1) is 0 Å². The van der Waals surface area contributed by atoms with Crippen molar-refractivity contribution in [3.8, 4) is 0 Å². The molecule has 120 valence electrons. The van der Waals surface area contributed by atoms with Gasteiger partial charge in [-0.1, -0.05) is 72.4 Å². The molecule has 0 heterocycles. The van der Waals surface area contributed by atoms with Gasteiger partial charge in [-0.2, -0.15) is 0 Å². The fraction of sp³-hybridized carbons (Fsp3) is 0. The third-order valence-electron chi connectivity index (χ3n) is 4.28. The molecule has 0 aliphatic carbocycles. The molecule has 4 rings (SSSR count). The van der Waals surface area contributed by atoms with Gasteiger partial charge in [-0.25, -0.2) is 0 Å². The standard InChI is InChI=1S/C22H14O2S/c23-13-17-11-9-15-5-1-3-7-19(15)21(17)25-22-18(14-24)12-10-16-6-2-4-8-20(16)22/h1-14H. The van der Waals surface area contributed by atoms with Crippen LogP contribution < -0.4 is 0 Å². The number of hydrogen-bond donors (Lipinski definition) is 0. The van der Waals surface area contributed by atoms with Gasteiger partial charge in [0.1, 0.15) is 0 Å². The van der Waals surface area contributed by atoms with Crippen molar-refractivity contribution in [1.82, 2.24) is 0 Å². The van der Waals surface area contributed by atoms with Crippen molar-refractivity contribution in [2.24, 2.45) is 0 Å². The molecule has 0 radical (unpaired) electrons. The van der Waals surface area contributed by atoms with E-state index < -0.39 is 0 Å². The van der Waals surface area contributed by atoms with Gasteiger partial charge in [0.15, 0.2) is 12.6 Å². The smallest absolute Gasteiger partial charge is 0.151 e. The predicted octanol–water partition coefficient (Wildman–Crippen LogP) is 5.77. The molecule has 0 amide bonds. The summed E-state index contributed by atoms with van der Waals surface area (Å²) in [4.78, 5) is 25.0. The summed E-state index contributed by atoms with van der Waals surface area (Å²) in [5.41, 5.74) is 1.27. The molecule has 0 saturated carbocycles. The van der Waals surface area contributed by atoms with Crippen molar-refractivity contribution in [3.63, 3.8) is 0 Å². The summed E-state index contributed by atoms with van der Waals surface area (Å²) in [7, 11) is 0. The zero-order valence-electron chi connectivity index (χ0n) is 13.3. The summed E-state index contributed by atoms with van der Waals surface area (Å²) in [6.45, 7) is 0. The SMILES string of the molecule is O=Cc1ccc2ccccc2c1Sc1c(C=O)ccc2ccccc12. The summed E-state index contributed by atoms with van der Waals surface area (Å²) in [6, 6.07) is 23.5. The van der Waals surface area contributed by atoms with Gasteiger partial charge in [0.2, 0.25) is 0 Å².